The molecule has 3 N–H and O–H groups in total. The summed E-state index contributed by atoms with van der Waals surface area (Å²) in [7, 11) is 2.92. The van der Waals surface area contributed by atoms with Gasteiger partial charge < -0.3 is 20.1 Å². The summed E-state index contributed by atoms with van der Waals surface area (Å²) in [4.78, 5) is 35.0. The number of hydrogen-bond donors (Lipinski definition) is 3. The van der Waals surface area contributed by atoms with E-state index in [4.69, 9.17) is 9.47 Å². The van der Waals surface area contributed by atoms with Crippen molar-refractivity contribution in [1.82, 2.24) is 20.8 Å². The van der Waals surface area contributed by atoms with Crippen LogP contribution in [0.4, 0.5) is 0 Å². The molecular formula is C16H18N4O5. The summed E-state index contributed by atoms with van der Waals surface area (Å²) in [6.45, 7) is 0.373. The second kappa shape index (κ2) is 8.48. The largest absolute Gasteiger partial charge is 0.496 e. The van der Waals surface area contributed by atoms with Crippen LogP contribution in [0, 0.1) is 0 Å². The average Bonchev–Trinajstić information content (AvgIpc) is 2.64. The minimum Gasteiger partial charge on any atom is -0.496 e. The quantitative estimate of drug-likeness (QED) is 0.604. The molecule has 0 aliphatic rings. The highest BCUT2D eigenvalue weighted by molar-refractivity contribution is 5.99. The zero-order valence-corrected chi connectivity index (χ0v) is 13.8. The van der Waals surface area contributed by atoms with E-state index in [1.807, 2.05) is 0 Å². The molecule has 0 saturated carbocycles. The number of nitrogens with zero attached hydrogens (tertiary/aromatic N) is 1. The molecule has 0 unspecified atom stereocenters. The molecule has 132 valence electrons. The third-order valence-electron chi connectivity index (χ3n) is 3.26. The van der Waals surface area contributed by atoms with Crippen molar-refractivity contribution in [3.8, 4) is 11.5 Å². The van der Waals surface area contributed by atoms with Gasteiger partial charge in [0.15, 0.2) is 0 Å². The average molecular weight is 346 g/mol. The summed E-state index contributed by atoms with van der Waals surface area (Å²) in [6.07, 6.45) is 0. The molecule has 0 fully saturated rings. The van der Waals surface area contributed by atoms with E-state index in [0.717, 1.165) is 0 Å². The predicted molar refractivity (Wildman–Crippen MR) is 89.1 cm³/mol. The summed E-state index contributed by atoms with van der Waals surface area (Å²) in [6, 6.07) is 7.54. The highest BCUT2D eigenvalue weighted by atomic mass is 16.5. The summed E-state index contributed by atoms with van der Waals surface area (Å²) < 4.78 is 10.3. The third kappa shape index (κ3) is 4.56. The maximum atomic E-state index is 12.3. The Balaban J connectivity index is 1.90. The molecular weight excluding hydrogens is 328 g/mol. The van der Waals surface area contributed by atoms with Crippen LogP contribution in [0.2, 0.25) is 0 Å². The van der Waals surface area contributed by atoms with E-state index in [1.165, 1.54) is 26.4 Å². The second-order valence-electron chi connectivity index (χ2n) is 4.86. The Labute approximate surface area is 143 Å². The number of rotatable bonds is 7. The van der Waals surface area contributed by atoms with Gasteiger partial charge in [-0.05, 0) is 18.2 Å². The molecule has 2 rings (SSSR count). The van der Waals surface area contributed by atoms with Crippen LogP contribution in [0.25, 0.3) is 0 Å². The number of amides is 2. The lowest BCUT2D eigenvalue weighted by atomic mass is 10.1. The van der Waals surface area contributed by atoms with Crippen molar-refractivity contribution in [2.24, 2.45) is 0 Å². The number of H-pyrrole nitrogens is 1. The molecule has 0 aliphatic heterocycles. The number of aromatic amines is 1. The van der Waals surface area contributed by atoms with Crippen LogP contribution >= 0.6 is 0 Å². The molecule has 0 atom stereocenters. The van der Waals surface area contributed by atoms with Crippen LogP contribution in [0.15, 0.2) is 35.1 Å². The topological polar surface area (TPSA) is 122 Å². The minimum atomic E-state index is -0.458. The molecule has 1 aromatic heterocycles. The smallest absolute Gasteiger partial charge is 0.271 e. The van der Waals surface area contributed by atoms with Crippen molar-refractivity contribution in [1.29, 1.82) is 0 Å². The Hall–Kier alpha value is -3.36. The normalized spacial score (nSPS) is 10.0. The highest BCUT2D eigenvalue weighted by Gasteiger charge is 2.17. The Morgan fingerprint density at radius 1 is 1.00 bits per heavy atom. The lowest BCUT2D eigenvalue weighted by molar-refractivity contribution is 0.0921. The fraction of sp³-hybridized carbons (Fsp3) is 0.250. The monoisotopic (exact) mass is 346 g/mol. The van der Waals surface area contributed by atoms with E-state index in [2.05, 4.69) is 20.8 Å². The zero-order chi connectivity index (χ0) is 18.2. The van der Waals surface area contributed by atoms with Gasteiger partial charge in [-0.3, -0.25) is 14.4 Å². The van der Waals surface area contributed by atoms with Gasteiger partial charge in [-0.1, -0.05) is 6.07 Å². The lowest BCUT2D eigenvalue weighted by Gasteiger charge is -2.13. The van der Waals surface area contributed by atoms with E-state index in [1.54, 1.807) is 18.2 Å². The van der Waals surface area contributed by atoms with Gasteiger partial charge in [0.05, 0.1) is 14.2 Å². The van der Waals surface area contributed by atoms with Crippen LogP contribution in [0.5, 0.6) is 11.5 Å². The number of ether oxygens (including phenoxy) is 2. The number of benzene rings is 1. The molecule has 2 amide bonds. The van der Waals surface area contributed by atoms with Crippen molar-refractivity contribution in [2.45, 2.75) is 0 Å². The van der Waals surface area contributed by atoms with Crippen LogP contribution in [-0.4, -0.2) is 49.3 Å². The second-order valence-corrected chi connectivity index (χ2v) is 4.86. The first-order valence-corrected chi connectivity index (χ1v) is 7.40. The van der Waals surface area contributed by atoms with Gasteiger partial charge in [-0.2, -0.15) is 5.10 Å². The fourth-order valence-electron chi connectivity index (χ4n) is 2.08. The van der Waals surface area contributed by atoms with Crippen LogP contribution in [-0.2, 0) is 0 Å². The van der Waals surface area contributed by atoms with Crippen LogP contribution in [0.3, 0.4) is 0 Å². The maximum Gasteiger partial charge on any atom is 0.271 e. The summed E-state index contributed by atoms with van der Waals surface area (Å²) >= 11 is 0. The predicted octanol–water partition coefficient (Wildman–Crippen LogP) is -0.0531. The van der Waals surface area contributed by atoms with Gasteiger partial charge in [0.25, 0.3) is 17.4 Å². The number of aromatic nitrogens is 2. The molecule has 0 bridgehead atoms. The summed E-state index contributed by atoms with van der Waals surface area (Å²) in [5, 5.41) is 11.0. The Morgan fingerprint density at radius 2 is 1.60 bits per heavy atom. The number of nitrogens with one attached hydrogen (secondary N) is 3. The SMILES string of the molecule is COc1cccc(OC)c1C(=O)NCCNC(=O)c1ccc(=O)[nH]n1. The third-order valence-corrected chi connectivity index (χ3v) is 3.26. The van der Waals surface area contributed by atoms with E-state index >= 15 is 0 Å². The number of hydrogen-bond acceptors (Lipinski definition) is 6. The van der Waals surface area contributed by atoms with Gasteiger partial charge in [0.2, 0.25) is 0 Å². The Morgan fingerprint density at radius 3 is 2.12 bits per heavy atom. The molecule has 1 heterocycles. The van der Waals surface area contributed by atoms with E-state index in [9.17, 15) is 14.4 Å². The molecule has 9 nitrogen and oxygen atoms in total. The Bertz CT molecular complexity index is 776. The molecule has 1 aromatic carbocycles. The molecule has 2 aromatic rings. The van der Waals surface area contributed by atoms with Crippen LogP contribution < -0.4 is 25.7 Å². The van der Waals surface area contributed by atoms with Crippen molar-refractivity contribution in [3.63, 3.8) is 0 Å². The van der Waals surface area contributed by atoms with E-state index in [0.29, 0.717) is 11.5 Å². The number of carbonyl (C=O) groups is 2. The number of methoxy groups -OCH3 is 2. The molecule has 0 spiro atoms. The Kier molecular flexibility index (Phi) is 6.10. The molecule has 25 heavy (non-hydrogen) atoms. The zero-order valence-electron chi connectivity index (χ0n) is 13.8. The highest BCUT2D eigenvalue weighted by Crippen LogP contribution is 2.27. The number of carbonyl (C=O) groups excluding carboxylic acids is 2. The van der Waals surface area contributed by atoms with E-state index < -0.39 is 11.5 Å². The van der Waals surface area contributed by atoms with E-state index in [-0.39, 0.29) is 30.3 Å². The standard InChI is InChI=1S/C16H18N4O5/c1-24-11-4-3-5-12(25-2)14(11)16(23)18-9-8-17-15(22)10-6-7-13(21)20-19-10/h3-7H,8-9H2,1-2H3,(H,17,22)(H,18,23)(H,20,21). The van der Waals surface area contributed by atoms with Gasteiger partial charge in [0, 0.05) is 19.2 Å². The van der Waals surface area contributed by atoms with Gasteiger partial charge in [-0.25, -0.2) is 5.10 Å². The van der Waals surface area contributed by atoms with Crippen molar-refractivity contribution < 1.29 is 19.1 Å². The molecule has 0 saturated heterocycles. The van der Waals surface area contributed by atoms with Gasteiger partial charge >= 0.3 is 0 Å². The fourth-order valence-corrected chi connectivity index (χ4v) is 2.08. The van der Waals surface area contributed by atoms with Gasteiger partial charge in [-0.15, -0.1) is 0 Å². The molecule has 0 aliphatic carbocycles. The first kappa shape index (κ1) is 18.0. The minimum absolute atomic E-state index is 0.0809. The summed E-state index contributed by atoms with van der Waals surface area (Å²) in [5.74, 6) is -0.0669. The maximum absolute atomic E-state index is 12.3. The lowest BCUT2D eigenvalue weighted by Crippen LogP contribution is -2.35. The van der Waals surface area contributed by atoms with Crippen molar-refractivity contribution in [2.75, 3.05) is 27.3 Å². The summed E-state index contributed by atoms with van der Waals surface area (Å²) in [5.41, 5.74) is -0.0342. The first-order chi connectivity index (χ1) is 12.1. The van der Waals surface area contributed by atoms with Crippen LogP contribution in [0.1, 0.15) is 20.8 Å². The van der Waals surface area contributed by atoms with Crippen molar-refractivity contribution >= 4 is 11.8 Å². The molecule has 0 radical (unpaired) electrons. The molecule has 9 heteroatoms. The van der Waals surface area contributed by atoms with Gasteiger partial charge in [0.1, 0.15) is 22.8 Å². The van der Waals surface area contributed by atoms with Crippen molar-refractivity contribution in [3.05, 3.63) is 51.9 Å². The first-order valence-electron chi connectivity index (χ1n) is 7.40.